The second kappa shape index (κ2) is 12.1. The molecule has 3 rings (SSSR count). The van der Waals surface area contributed by atoms with Crippen molar-refractivity contribution >= 4 is 34.9 Å². The Morgan fingerprint density at radius 2 is 1.58 bits per heavy atom. The van der Waals surface area contributed by atoms with Crippen LogP contribution in [0, 0.1) is 0 Å². The number of rotatable bonds is 10. The van der Waals surface area contributed by atoms with Crippen LogP contribution < -0.4 is 9.47 Å². The minimum absolute atomic E-state index is 0.0848. The van der Waals surface area contributed by atoms with E-state index in [1.54, 1.807) is 18.2 Å². The molecule has 0 spiro atoms. The zero-order valence-corrected chi connectivity index (χ0v) is 19.7. The molecule has 0 aliphatic heterocycles. The van der Waals surface area contributed by atoms with Gasteiger partial charge in [0.25, 0.3) is 0 Å². The van der Waals surface area contributed by atoms with Crippen LogP contribution in [0.2, 0.25) is 10.0 Å². The van der Waals surface area contributed by atoms with Crippen LogP contribution in [0.3, 0.4) is 0 Å². The van der Waals surface area contributed by atoms with Crippen LogP contribution in [0.15, 0.2) is 71.9 Å². The molecule has 0 fully saturated rings. The lowest BCUT2D eigenvalue weighted by Crippen LogP contribution is -2.20. The number of carbonyl (C=O) groups is 1. The van der Waals surface area contributed by atoms with Crippen LogP contribution >= 0.6 is 23.2 Å². The molecule has 6 nitrogen and oxygen atoms in total. The molecule has 0 saturated carbocycles. The number of halogens is 2. The number of oxime groups is 1. The van der Waals surface area contributed by atoms with Crippen molar-refractivity contribution in [3.05, 3.63) is 93.5 Å². The Balaban J connectivity index is 1.67. The molecule has 0 bridgehead atoms. The molecule has 3 aromatic rings. The van der Waals surface area contributed by atoms with Gasteiger partial charge < -0.3 is 19.0 Å². The summed E-state index contributed by atoms with van der Waals surface area (Å²) in [6.45, 7) is 0.665. The lowest BCUT2D eigenvalue weighted by Gasteiger charge is -2.14. The summed E-state index contributed by atoms with van der Waals surface area (Å²) in [5.74, 6) is 0.321. The first-order chi connectivity index (χ1) is 16.0. The van der Waals surface area contributed by atoms with Crippen molar-refractivity contribution in [1.82, 2.24) is 0 Å². The molecule has 0 unspecified atom stereocenters. The third-order valence-corrected chi connectivity index (χ3v) is 5.23. The van der Waals surface area contributed by atoms with Gasteiger partial charge in [-0.05, 0) is 11.1 Å². The Morgan fingerprint density at radius 1 is 0.909 bits per heavy atom. The Bertz CT molecular complexity index is 1100. The molecular formula is C25H23Cl2NO5. The number of hydrogen-bond donors (Lipinski definition) is 0. The maximum absolute atomic E-state index is 12.1. The van der Waals surface area contributed by atoms with Gasteiger partial charge in [-0.15, -0.1) is 0 Å². The van der Waals surface area contributed by atoms with E-state index in [1.165, 1.54) is 14.2 Å². The molecule has 33 heavy (non-hydrogen) atoms. The fourth-order valence-electron chi connectivity index (χ4n) is 3.12. The van der Waals surface area contributed by atoms with Crippen molar-refractivity contribution in [2.24, 2.45) is 5.16 Å². The number of benzene rings is 3. The van der Waals surface area contributed by atoms with Crippen molar-refractivity contribution in [1.29, 1.82) is 0 Å². The van der Waals surface area contributed by atoms with Crippen LogP contribution in [-0.2, 0) is 27.4 Å². The third-order valence-electron chi connectivity index (χ3n) is 4.67. The van der Waals surface area contributed by atoms with Gasteiger partial charge in [0.05, 0.1) is 23.8 Å². The summed E-state index contributed by atoms with van der Waals surface area (Å²) in [6.07, 6.45) is 0.497. The van der Waals surface area contributed by atoms with Gasteiger partial charge >= 0.3 is 5.97 Å². The lowest BCUT2D eigenvalue weighted by molar-refractivity contribution is -0.132. The zero-order chi connectivity index (χ0) is 23.6. The average molecular weight is 488 g/mol. The fourth-order valence-corrected chi connectivity index (χ4v) is 3.70. The average Bonchev–Trinajstić information content (AvgIpc) is 2.82. The van der Waals surface area contributed by atoms with Crippen LogP contribution in [-0.4, -0.2) is 32.5 Å². The van der Waals surface area contributed by atoms with Crippen molar-refractivity contribution < 1.29 is 23.8 Å². The number of methoxy groups -OCH3 is 1. The highest BCUT2D eigenvalue weighted by Gasteiger charge is 2.19. The van der Waals surface area contributed by atoms with Gasteiger partial charge in [-0.25, -0.2) is 4.79 Å². The maximum Gasteiger partial charge on any atom is 0.360 e. The molecule has 0 heterocycles. The number of hydrogen-bond acceptors (Lipinski definition) is 6. The van der Waals surface area contributed by atoms with Gasteiger partial charge in [0.15, 0.2) is 11.5 Å². The summed E-state index contributed by atoms with van der Waals surface area (Å²) < 4.78 is 16.5. The monoisotopic (exact) mass is 487 g/mol. The van der Waals surface area contributed by atoms with E-state index in [0.29, 0.717) is 46.7 Å². The molecule has 0 amide bonds. The molecule has 8 heteroatoms. The topological polar surface area (TPSA) is 66.4 Å². The van der Waals surface area contributed by atoms with E-state index in [9.17, 15) is 4.79 Å². The SMILES string of the molecule is CO/N=C(/C(=O)OC)c1ccccc1CCOc1cc(Cl)c(OCc2ccccc2)c(Cl)c1. The Kier molecular flexibility index (Phi) is 8.98. The molecule has 0 aromatic heterocycles. The van der Waals surface area contributed by atoms with Crippen molar-refractivity contribution in [2.75, 3.05) is 20.8 Å². The minimum Gasteiger partial charge on any atom is -0.493 e. The fraction of sp³-hybridized carbons (Fsp3) is 0.200. The normalized spacial score (nSPS) is 11.1. The number of nitrogens with zero attached hydrogens (tertiary/aromatic N) is 1. The van der Waals surface area contributed by atoms with Gasteiger partial charge in [0.1, 0.15) is 19.5 Å². The summed E-state index contributed by atoms with van der Waals surface area (Å²) >= 11 is 12.8. The van der Waals surface area contributed by atoms with Crippen molar-refractivity contribution in [2.45, 2.75) is 13.0 Å². The number of esters is 1. The van der Waals surface area contributed by atoms with E-state index >= 15 is 0 Å². The van der Waals surface area contributed by atoms with E-state index in [4.69, 9.17) is 42.3 Å². The first-order valence-corrected chi connectivity index (χ1v) is 10.9. The van der Waals surface area contributed by atoms with Crippen LogP contribution in [0.4, 0.5) is 0 Å². The predicted octanol–water partition coefficient (Wildman–Crippen LogP) is 5.72. The van der Waals surface area contributed by atoms with E-state index in [-0.39, 0.29) is 5.71 Å². The molecular weight excluding hydrogens is 465 g/mol. The zero-order valence-electron chi connectivity index (χ0n) is 18.2. The predicted molar refractivity (Wildman–Crippen MR) is 128 cm³/mol. The molecule has 3 aromatic carbocycles. The van der Waals surface area contributed by atoms with Crippen LogP contribution in [0.5, 0.6) is 11.5 Å². The number of ether oxygens (including phenoxy) is 3. The van der Waals surface area contributed by atoms with Gasteiger partial charge in [-0.3, -0.25) is 0 Å². The summed E-state index contributed by atoms with van der Waals surface area (Å²) in [6, 6.07) is 20.4. The maximum atomic E-state index is 12.1. The Morgan fingerprint density at radius 3 is 2.24 bits per heavy atom. The van der Waals surface area contributed by atoms with Gasteiger partial charge in [-0.2, -0.15) is 0 Å². The van der Waals surface area contributed by atoms with E-state index in [2.05, 4.69) is 5.16 Å². The highest BCUT2D eigenvalue weighted by molar-refractivity contribution is 6.43. The van der Waals surface area contributed by atoms with Gasteiger partial charge in [0.2, 0.25) is 0 Å². The quantitative estimate of drug-likeness (QED) is 0.208. The first kappa shape index (κ1) is 24.4. The summed E-state index contributed by atoms with van der Waals surface area (Å²) in [5, 5.41) is 4.53. The Labute approximate surface area is 202 Å². The first-order valence-electron chi connectivity index (χ1n) is 10.1. The smallest absolute Gasteiger partial charge is 0.360 e. The van der Waals surface area contributed by atoms with Crippen LogP contribution in [0.1, 0.15) is 16.7 Å². The van der Waals surface area contributed by atoms with Gasteiger partial charge in [-0.1, -0.05) is 83.0 Å². The molecule has 0 atom stereocenters. The second-order valence-corrected chi connectivity index (χ2v) is 7.67. The Hall–Kier alpha value is -3.22. The van der Waals surface area contributed by atoms with Gasteiger partial charge in [0, 0.05) is 24.1 Å². The molecule has 0 N–H and O–H groups in total. The molecule has 0 aliphatic rings. The summed E-state index contributed by atoms with van der Waals surface area (Å²) in [5.41, 5.74) is 2.54. The highest BCUT2D eigenvalue weighted by atomic mass is 35.5. The lowest BCUT2D eigenvalue weighted by atomic mass is 10.0. The molecule has 0 saturated heterocycles. The summed E-state index contributed by atoms with van der Waals surface area (Å²) in [4.78, 5) is 16.9. The minimum atomic E-state index is -0.588. The summed E-state index contributed by atoms with van der Waals surface area (Å²) in [7, 11) is 2.66. The van der Waals surface area contributed by atoms with Crippen molar-refractivity contribution in [3.8, 4) is 11.5 Å². The van der Waals surface area contributed by atoms with E-state index < -0.39 is 5.97 Å². The van der Waals surface area contributed by atoms with Crippen LogP contribution in [0.25, 0.3) is 0 Å². The molecule has 0 aliphatic carbocycles. The molecule has 0 radical (unpaired) electrons. The third kappa shape index (κ3) is 6.63. The van der Waals surface area contributed by atoms with E-state index in [1.807, 2.05) is 48.5 Å². The van der Waals surface area contributed by atoms with Crippen molar-refractivity contribution in [3.63, 3.8) is 0 Å². The standard InChI is InChI=1S/C25H23Cl2NO5/c1-30-25(29)23(28-31-2)20-11-7-6-10-18(20)12-13-32-19-14-21(26)24(22(27)15-19)33-16-17-8-4-3-5-9-17/h3-11,14-15H,12-13,16H2,1-2H3/b28-23+. The second-order valence-electron chi connectivity index (χ2n) is 6.86. The molecule has 172 valence electrons. The largest absolute Gasteiger partial charge is 0.493 e. The van der Waals surface area contributed by atoms with E-state index in [0.717, 1.165) is 11.1 Å². The highest BCUT2D eigenvalue weighted by Crippen LogP contribution is 2.37. The number of carbonyl (C=O) groups excluding carboxylic acids is 1.